The van der Waals surface area contributed by atoms with Crippen LogP contribution < -0.4 is 29.2 Å². The Morgan fingerprint density at radius 1 is 1.13 bits per heavy atom. The topological polar surface area (TPSA) is 103 Å². The number of ether oxygens (including phenoxy) is 4. The lowest BCUT2D eigenvalue weighted by molar-refractivity contribution is -0.122. The van der Waals surface area contributed by atoms with E-state index >= 15 is 0 Å². The number of methoxy groups -OCH3 is 1. The van der Waals surface area contributed by atoms with Crippen molar-refractivity contribution in [3.8, 4) is 35.3 Å². The van der Waals surface area contributed by atoms with Crippen molar-refractivity contribution in [1.29, 1.82) is 0 Å². The molecule has 2 aromatic carbocycles. The second-order valence-corrected chi connectivity index (χ2v) is 6.40. The van der Waals surface area contributed by atoms with E-state index in [-0.39, 0.29) is 24.7 Å². The number of carbonyl (C=O) groups excluding carboxylic acids is 3. The molecule has 0 radical (unpaired) electrons. The first kappa shape index (κ1) is 19.8. The van der Waals surface area contributed by atoms with Crippen molar-refractivity contribution in [3.63, 3.8) is 0 Å². The fraction of sp³-hybridized carbons (Fsp3) is 0.136. The molecule has 4 rings (SSSR count). The molecule has 2 heterocycles. The van der Waals surface area contributed by atoms with Crippen LogP contribution in [0.15, 0.2) is 42.0 Å². The Balaban J connectivity index is 1.67. The van der Waals surface area contributed by atoms with Gasteiger partial charge in [0.05, 0.1) is 12.8 Å². The van der Waals surface area contributed by atoms with E-state index in [9.17, 15) is 14.4 Å². The minimum atomic E-state index is -0.860. The standard InChI is InChI=1S/C22H16N2O7/c1-3-8-29-16-6-4-13(10-18(16)28-2)9-15-20(25)23-22(27)24(21(15)26)14-5-7-17-19(11-14)31-12-30-17/h1,4-7,9-11H,8,12H2,2H3,(H,23,25,27)/b15-9+. The van der Waals surface area contributed by atoms with E-state index in [0.717, 1.165) is 4.90 Å². The predicted molar refractivity (Wildman–Crippen MR) is 109 cm³/mol. The summed E-state index contributed by atoms with van der Waals surface area (Å²) < 4.78 is 21.2. The summed E-state index contributed by atoms with van der Waals surface area (Å²) in [7, 11) is 1.45. The SMILES string of the molecule is C#CCOc1ccc(/C=C2\C(=O)NC(=O)N(c3ccc4c(c3)OCO4)C2=O)cc1OC. The van der Waals surface area contributed by atoms with Gasteiger partial charge in [-0.3, -0.25) is 14.9 Å². The number of terminal acetylenes is 1. The molecule has 1 fully saturated rings. The van der Waals surface area contributed by atoms with Crippen LogP contribution in [0.4, 0.5) is 10.5 Å². The van der Waals surface area contributed by atoms with Crippen molar-refractivity contribution in [2.75, 3.05) is 25.4 Å². The van der Waals surface area contributed by atoms with E-state index in [1.54, 1.807) is 24.3 Å². The number of benzene rings is 2. The quantitative estimate of drug-likeness (QED) is 0.449. The Morgan fingerprint density at radius 2 is 1.94 bits per heavy atom. The zero-order chi connectivity index (χ0) is 22.0. The van der Waals surface area contributed by atoms with Crippen molar-refractivity contribution < 1.29 is 33.3 Å². The molecule has 0 aromatic heterocycles. The molecule has 156 valence electrons. The summed E-state index contributed by atoms with van der Waals surface area (Å²) in [5, 5.41) is 2.17. The van der Waals surface area contributed by atoms with Gasteiger partial charge in [0.25, 0.3) is 11.8 Å². The van der Waals surface area contributed by atoms with Crippen LogP contribution in [0, 0.1) is 12.3 Å². The minimum Gasteiger partial charge on any atom is -0.493 e. The van der Waals surface area contributed by atoms with Gasteiger partial charge >= 0.3 is 6.03 Å². The summed E-state index contributed by atoms with van der Waals surface area (Å²) in [6.45, 7) is 0.107. The molecule has 2 aromatic rings. The van der Waals surface area contributed by atoms with Crippen molar-refractivity contribution in [2.24, 2.45) is 0 Å². The first-order chi connectivity index (χ1) is 15.0. The van der Waals surface area contributed by atoms with Gasteiger partial charge in [0.2, 0.25) is 6.79 Å². The fourth-order valence-corrected chi connectivity index (χ4v) is 3.10. The lowest BCUT2D eigenvalue weighted by Crippen LogP contribution is -2.54. The molecular formula is C22H16N2O7. The minimum absolute atomic E-state index is 0.0471. The van der Waals surface area contributed by atoms with Crippen LogP contribution in [0.2, 0.25) is 0 Å². The van der Waals surface area contributed by atoms with E-state index in [4.69, 9.17) is 25.4 Å². The molecule has 0 atom stereocenters. The first-order valence-electron chi connectivity index (χ1n) is 9.07. The number of imide groups is 2. The number of fused-ring (bicyclic) bond motifs is 1. The molecule has 0 saturated carbocycles. The van der Waals surface area contributed by atoms with Crippen LogP contribution in [-0.4, -0.2) is 38.4 Å². The van der Waals surface area contributed by atoms with Gasteiger partial charge < -0.3 is 18.9 Å². The Morgan fingerprint density at radius 3 is 2.71 bits per heavy atom. The average Bonchev–Trinajstić information content (AvgIpc) is 3.23. The number of rotatable bonds is 5. The highest BCUT2D eigenvalue weighted by Crippen LogP contribution is 2.36. The average molecular weight is 420 g/mol. The van der Waals surface area contributed by atoms with Crippen molar-refractivity contribution in [1.82, 2.24) is 5.32 Å². The molecule has 2 aliphatic heterocycles. The summed E-state index contributed by atoms with van der Waals surface area (Å²) in [5.41, 5.74) is 0.501. The molecule has 1 saturated heterocycles. The van der Waals surface area contributed by atoms with E-state index in [2.05, 4.69) is 11.2 Å². The van der Waals surface area contributed by atoms with Gasteiger partial charge in [-0.05, 0) is 35.9 Å². The molecule has 0 bridgehead atoms. The predicted octanol–water partition coefficient (Wildman–Crippen LogP) is 2.10. The number of nitrogens with zero attached hydrogens (tertiary/aromatic N) is 1. The summed E-state index contributed by atoms with van der Waals surface area (Å²) in [6, 6.07) is 8.56. The molecule has 9 nitrogen and oxygen atoms in total. The van der Waals surface area contributed by atoms with Gasteiger partial charge in [-0.15, -0.1) is 6.42 Å². The monoisotopic (exact) mass is 420 g/mol. The van der Waals surface area contributed by atoms with Crippen molar-refractivity contribution >= 4 is 29.6 Å². The first-order valence-corrected chi connectivity index (χ1v) is 9.07. The van der Waals surface area contributed by atoms with Gasteiger partial charge in [-0.1, -0.05) is 12.0 Å². The third kappa shape index (κ3) is 3.74. The molecule has 31 heavy (non-hydrogen) atoms. The third-order valence-corrected chi connectivity index (χ3v) is 4.53. The van der Waals surface area contributed by atoms with Crippen LogP contribution in [0.1, 0.15) is 5.56 Å². The number of carbonyl (C=O) groups is 3. The number of anilines is 1. The number of urea groups is 1. The Kier molecular flexibility index (Phi) is 5.20. The van der Waals surface area contributed by atoms with Gasteiger partial charge in [0.1, 0.15) is 12.2 Å². The maximum Gasteiger partial charge on any atom is 0.335 e. The van der Waals surface area contributed by atoms with E-state index < -0.39 is 17.8 Å². The Labute approximate surface area is 177 Å². The number of nitrogens with one attached hydrogen (secondary N) is 1. The summed E-state index contributed by atoms with van der Waals surface area (Å²) in [6.07, 6.45) is 6.56. The second-order valence-electron chi connectivity index (χ2n) is 6.40. The summed E-state index contributed by atoms with van der Waals surface area (Å²) >= 11 is 0. The zero-order valence-corrected chi connectivity index (χ0v) is 16.3. The third-order valence-electron chi connectivity index (χ3n) is 4.53. The molecule has 0 spiro atoms. The lowest BCUT2D eigenvalue weighted by atomic mass is 10.1. The molecule has 2 aliphatic rings. The molecule has 1 N–H and O–H groups in total. The van der Waals surface area contributed by atoms with Gasteiger partial charge in [0, 0.05) is 6.07 Å². The highest BCUT2D eigenvalue weighted by atomic mass is 16.7. The van der Waals surface area contributed by atoms with Crippen molar-refractivity contribution in [2.45, 2.75) is 0 Å². The van der Waals surface area contributed by atoms with Crippen LogP contribution >= 0.6 is 0 Å². The Hall–Kier alpha value is -4.45. The summed E-state index contributed by atoms with van der Waals surface area (Å²) in [4.78, 5) is 38.7. The number of hydrogen-bond donors (Lipinski definition) is 1. The maximum absolute atomic E-state index is 13.0. The molecular weight excluding hydrogens is 404 g/mol. The van der Waals surface area contributed by atoms with Crippen molar-refractivity contribution in [3.05, 3.63) is 47.5 Å². The summed E-state index contributed by atoms with van der Waals surface area (Å²) in [5.74, 6) is 2.46. The smallest absolute Gasteiger partial charge is 0.335 e. The van der Waals surface area contributed by atoms with E-state index in [1.165, 1.54) is 25.3 Å². The second kappa shape index (κ2) is 8.12. The van der Waals surface area contributed by atoms with Crippen LogP contribution in [0.5, 0.6) is 23.0 Å². The highest BCUT2D eigenvalue weighted by Gasteiger charge is 2.37. The Bertz CT molecular complexity index is 1160. The lowest BCUT2D eigenvalue weighted by Gasteiger charge is -2.26. The molecule has 4 amide bonds. The van der Waals surface area contributed by atoms with Crippen LogP contribution in [-0.2, 0) is 9.59 Å². The molecule has 0 aliphatic carbocycles. The number of barbiturate groups is 1. The van der Waals surface area contributed by atoms with Crippen LogP contribution in [0.25, 0.3) is 6.08 Å². The van der Waals surface area contributed by atoms with Gasteiger partial charge in [0.15, 0.2) is 23.0 Å². The molecule has 0 unspecified atom stereocenters. The van der Waals surface area contributed by atoms with Gasteiger partial charge in [-0.2, -0.15) is 0 Å². The number of hydrogen-bond acceptors (Lipinski definition) is 7. The maximum atomic E-state index is 13.0. The van der Waals surface area contributed by atoms with Gasteiger partial charge in [-0.25, -0.2) is 9.69 Å². The van der Waals surface area contributed by atoms with E-state index in [1.807, 2.05) is 0 Å². The zero-order valence-electron chi connectivity index (χ0n) is 16.3. The highest BCUT2D eigenvalue weighted by molar-refractivity contribution is 6.39. The molecule has 9 heteroatoms. The van der Waals surface area contributed by atoms with E-state index in [0.29, 0.717) is 28.6 Å². The number of amides is 4. The normalized spacial score (nSPS) is 16.2. The van der Waals surface area contributed by atoms with Crippen LogP contribution in [0.3, 0.4) is 0 Å². The fourth-order valence-electron chi connectivity index (χ4n) is 3.10. The largest absolute Gasteiger partial charge is 0.493 e.